The van der Waals surface area contributed by atoms with Crippen LogP contribution in [0.25, 0.3) is 11.3 Å². The summed E-state index contributed by atoms with van der Waals surface area (Å²) in [6.45, 7) is 2.98. The Morgan fingerprint density at radius 2 is 1.83 bits per heavy atom. The lowest BCUT2D eigenvalue weighted by Crippen LogP contribution is -2.27. The third-order valence-corrected chi connectivity index (χ3v) is 5.13. The standard InChI is InChI=1S/C22H22ClN3O3S/c1-2-13-29-18-9-5-15(6-10-18)19-14-30-22(25-19)26-20(27)11-12-24-21(28)16-3-7-17(23)8-4-16/h3-10,14H,2,11-13H2,1H3,(H,24,28)(H,25,26,27). The van der Waals surface area contributed by atoms with Crippen LogP contribution in [0.2, 0.25) is 5.02 Å². The van der Waals surface area contributed by atoms with E-state index in [2.05, 4.69) is 22.5 Å². The van der Waals surface area contributed by atoms with Crippen LogP contribution in [0.4, 0.5) is 5.13 Å². The number of nitrogens with one attached hydrogen (secondary N) is 2. The van der Waals surface area contributed by atoms with Gasteiger partial charge < -0.3 is 15.4 Å². The van der Waals surface area contributed by atoms with Gasteiger partial charge in [0.15, 0.2) is 5.13 Å². The molecule has 6 nitrogen and oxygen atoms in total. The van der Waals surface area contributed by atoms with Crippen molar-refractivity contribution < 1.29 is 14.3 Å². The molecule has 8 heteroatoms. The zero-order valence-electron chi connectivity index (χ0n) is 16.5. The molecule has 0 aliphatic rings. The van der Waals surface area contributed by atoms with Crippen molar-refractivity contribution in [3.8, 4) is 17.0 Å². The fourth-order valence-electron chi connectivity index (χ4n) is 2.58. The van der Waals surface area contributed by atoms with E-state index in [0.29, 0.717) is 22.3 Å². The van der Waals surface area contributed by atoms with Crippen LogP contribution in [0.3, 0.4) is 0 Å². The fraction of sp³-hybridized carbons (Fsp3) is 0.227. The first kappa shape index (κ1) is 21.8. The molecule has 2 N–H and O–H groups in total. The van der Waals surface area contributed by atoms with Crippen LogP contribution in [-0.2, 0) is 4.79 Å². The number of hydrogen-bond donors (Lipinski definition) is 2. The number of thiazole rings is 1. The van der Waals surface area contributed by atoms with Gasteiger partial charge in [-0.15, -0.1) is 11.3 Å². The summed E-state index contributed by atoms with van der Waals surface area (Å²) in [5.74, 6) is 0.364. The summed E-state index contributed by atoms with van der Waals surface area (Å²) >= 11 is 7.16. The largest absolute Gasteiger partial charge is 0.494 e. The van der Waals surface area contributed by atoms with Crippen LogP contribution in [0.1, 0.15) is 30.1 Å². The Morgan fingerprint density at radius 3 is 2.53 bits per heavy atom. The van der Waals surface area contributed by atoms with Gasteiger partial charge in [-0.25, -0.2) is 4.98 Å². The van der Waals surface area contributed by atoms with E-state index in [1.807, 2.05) is 29.6 Å². The highest BCUT2D eigenvalue weighted by molar-refractivity contribution is 7.14. The summed E-state index contributed by atoms with van der Waals surface area (Å²) in [6.07, 6.45) is 1.11. The molecule has 0 unspecified atom stereocenters. The van der Waals surface area contributed by atoms with Gasteiger partial charge in [0, 0.05) is 34.5 Å². The number of aromatic nitrogens is 1. The van der Waals surface area contributed by atoms with Crippen molar-refractivity contribution in [2.45, 2.75) is 19.8 Å². The predicted octanol–water partition coefficient (Wildman–Crippen LogP) is 5.01. The first-order valence-electron chi connectivity index (χ1n) is 9.57. The highest BCUT2D eigenvalue weighted by atomic mass is 35.5. The third kappa shape index (κ3) is 6.30. The summed E-state index contributed by atoms with van der Waals surface area (Å²) in [7, 11) is 0. The Bertz CT molecular complexity index is 988. The van der Waals surface area contributed by atoms with Crippen LogP contribution in [-0.4, -0.2) is 29.9 Å². The summed E-state index contributed by atoms with van der Waals surface area (Å²) in [6, 6.07) is 14.3. The molecule has 0 bridgehead atoms. The van der Waals surface area contributed by atoms with Crippen molar-refractivity contribution in [2.75, 3.05) is 18.5 Å². The number of nitrogens with zero attached hydrogens (tertiary/aromatic N) is 1. The second-order valence-electron chi connectivity index (χ2n) is 6.47. The van der Waals surface area contributed by atoms with Gasteiger partial charge in [0.1, 0.15) is 5.75 Å². The lowest BCUT2D eigenvalue weighted by molar-refractivity contribution is -0.116. The Labute approximate surface area is 184 Å². The van der Waals surface area contributed by atoms with Gasteiger partial charge in [0.05, 0.1) is 12.3 Å². The zero-order chi connectivity index (χ0) is 21.3. The Balaban J connectivity index is 1.46. The van der Waals surface area contributed by atoms with Crippen molar-refractivity contribution in [1.29, 1.82) is 0 Å². The average Bonchev–Trinajstić information content (AvgIpc) is 3.21. The van der Waals surface area contributed by atoms with Crippen LogP contribution in [0.5, 0.6) is 5.75 Å². The second-order valence-corrected chi connectivity index (χ2v) is 7.77. The van der Waals surface area contributed by atoms with E-state index in [9.17, 15) is 9.59 Å². The molecular formula is C22H22ClN3O3S. The molecule has 0 atom stereocenters. The van der Waals surface area contributed by atoms with E-state index in [-0.39, 0.29) is 24.8 Å². The number of carbonyl (C=O) groups is 2. The number of ether oxygens (including phenoxy) is 1. The van der Waals surface area contributed by atoms with Crippen LogP contribution in [0.15, 0.2) is 53.9 Å². The Hall–Kier alpha value is -2.90. The number of halogens is 1. The minimum atomic E-state index is -0.248. The molecule has 0 aliphatic carbocycles. The molecular weight excluding hydrogens is 422 g/mol. The molecule has 0 saturated heterocycles. The molecule has 0 aliphatic heterocycles. The maximum atomic E-state index is 12.1. The number of rotatable bonds is 9. The van der Waals surface area contributed by atoms with E-state index >= 15 is 0 Å². The third-order valence-electron chi connectivity index (χ3n) is 4.12. The van der Waals surface area contributed by atoms with Crippen molar-refractivity contribution >= 4 is 39.9 Å². The number of hydrogen-bond acceptors (Lipinski definition) is 5. The maximum absolute atomic E-state index is 12.1. The van der Waals surface area contributed by atoms with Crippen molar-refractivity contribution in [2.24, 2.45) is 0 Å². The van der Waals surface area contributed by atoms with Crippen LogP contribution in [0, 0.1) is 0 Å². The van der Waals surface area contributed by atoms with E-state index in [0.717, 1.165) is 23.4 Å². The minimum absolute atomic E-state index is 0.151. The monoisotopic (exact) mass is 443 g/mol. The molecule has 0 spiro atoms. The molecule has 0 radical (unpaired) electrons. The molecule has 1 heterocycles. The van der Waals surface area contributed by atoms with Crippen LogP contribution < -0.4 is 15.4 Å². The van der Waals surface area contributed by atoms with E-state index < -0.39 is 0 Å². The van der Waals surface area contributed by atoms with Crippen molar-refractivity contribution in [1.82, 2.24) is 10.3 Å². The first-order valence-corrected chi connectivity index (χ1v) is 10.8. The SMILES string of the molecule is CCCOc1ccc(-c2csc(NC(=O)CCNC(=O)c3ccc(Cl)cc3)n2)cc1. The van der Waals surface area contributed by atoms with Crippen molar-refractivity contribution in [3.05, 3.63) is 64.5 Å². The van der Waals surface area contributed by atoms with Crippen LogP contribution >= 0.6 is 22.9 Å². The lowest BCUT2D eigenvalue weighted by Gasteiger charge is -2.05. The molecule has 0 fully saturated rings. The molecule has 156 valence electrons. The van der Waals surface area contributed by atoms with E-state index in [1.54, 1.807) is 24.3 Å². The highest BCUT2D eigenvalue weighted by Crippen LogP contribution is 2.26. The summed E-state index contributed by atoms with van der Waals surface area (Å²) in [5.41, 5.74) is 2.23. The van der Waals surface area contributed by atoms with E-state index in [1.165, 1.54) is 11.3 Å². The lowest BCUT2D eigenvalue weighted by atomic mass is 10.2. The first-order chi connectivity index (χ1) is 14.5. The minimum Gasteiger partial charge on any atom is -0.494 e. The van der Waals surface area contributed by atoms with Gasteiger partial charge >= 0.3 is 0 Å². The maximum Gasteiger partial charge on any atom is 0.251 e. The summed E-state index contributed by atoms with van der Waals surface area (Å²) in [4.78, 5) is 28.6. The van der Waals surface area contributed by atoms with E-state index in [4.69, 9.17) is 16.3 Å². The average molecular weight is 444 g/mol. The second kappa shape index (κ2) is 10.8. The number of benzene rings is 2. The van der Waals surface area contributed by atoms with Gasteiger partial charge in [-0.2, -0.15) is 0 Å². The number of anilines is 1. The van der Waals surface area contributed by atoms with Gasteiger partial charge in [0.25, 0.3) is 5.91 Å². The fourth-order valence-corrected chi connectivity index (χ4v) is 3.44. The molecule has 30 heavy (non-hydrogen) atoms. The summed E-state index contributed by atoms with van der Waals surface area (Å²) in [5, 5.41) is 8.45. The zero-order valence-corrected chi connectivity index (χ0v) is 18.1. The summed E-state index contributed by atoms with van der Waals surface area (Å²) < 4.78 is 5.58. The topological polar surface area (TPSA) is 80.3 Å². The van der Waals surface area contributed by atoms with Gasteiger partial charge in [-0.05, 0) is 55.0 Å². The Kier molecular flexibility index (Phi) is 7.82. The van der Waals surface area contributed by atoms with Gasteiger partial charge in [0.2, 0.25) is 5.91 Å². The molecule has 0 saturated carbocycles. The highest BCUT2D eigenvalue weighted by Gasteiger charge is 2.10. The normalized spacial score (nSPS) is 10.5. The Morgan fingerprint density at radius 1 is 1.10 bits per heavy atom. The molecule has 2 aromatic carbocycles. The smallest absolute Gasteiger partial charge is 0.251 e. The van der Waals surface area contributed by atoms with Gasteiger partial charge in [-0.3, -0.25) is 9.59 Å². The molecule has 1 aromatic heterocycles. The molecule has 3 aromatic rings. The predicted molar refractivity (Wildman–Crippen MR) is 120 cm³/mol. The quantitative estimate of drug-likeness (QED) is 0.487. The number of amides is 2. The van der Waals surface area contributed by atoms with Gasteiger partial charge in [-0.1, -0.05) is 18.5 Å². The molecule has 3 rings (SSSR count). The number of carbonyl (C=O) groups excluding carboxylic acids is 2. The molecule has 2 amide bonds. The van der Waals surface area contributed by atoms with Crippen molar-refractivity contribution in [3.63, 3.8) is 0 Å².